The van der Waals surface area contributed by atoms with Crippen molar-refractivity contribution in [2.75, 3.05) is 0 Å². The third-order valence-electron chi connectivity index (χ3n) is 0.962. The van der Waals surface area contributed by atoms with Gasteiger partial charge in [0.05, 0.1) is 0 Å². The summed E-state index contributed by atoms with van der Waals surface area (Å²) in [5.74, 6) is 0. The fourth-order valence-corrected chi connectivity index (χ4v) is 1.29. The number of rotatable bonds is 0. The zero-order valence-electron chi connectivity index (χ0n) is 4.57. The van der Waals surface area contributed by atoms with Gasteiger partial charge in [0.2, 0.25) is 0 Å². The average molecular weight is 216 g/mol. The third-order valence-corrected chi connectivity index (χ3v) is 2.97. The van der Waals surface area contributed by atoms with Gasteiger partial charge in [-0.3, -0.25) is 0 Å². The fourth-order valence-electron chi connectivity index (χ4n) is 0.502. The Hall–Kier alpha value is 0.436. The topological polar surface area (TPSA) is 0 Å². The molecule has 0 aliphatic heterocycles. The Kier molecular flexibility index (Phi) is 2.53. The summed E-state index contributed by atoms with van der Waals surface area (Å²) < 4.78 is 1.12. The first-order chi connectivity index (χ1) is 4.20. The quantitative estimate of drug-likeness (QED) is 0.579. The van der Waals surface area contributed by atoms with Crippen molar-refractivity contribution in [1.29, 1.82) is 0 Å². The monoisotopic (exact) mass is 214 g/mol. The van der Waals surface area contributed by atoms with E-state index in [0.717, 1.165) is 9.14 Å². The molecule has 0 aromatic heterocycles. The molecule has 2 radical (unpaired) electrons. The van der Waals surface area contributed by atoms with Crippen LogP contribution in [0, 0.1) is 0 Å². The van der Waals surface area contributed by atoms with Crippen LogP contribution in [-0.4, -0.2) is 18.6 Å². The van der Waals surface area contributed by atoms with Crippen molar-refractivity contribution < 1.29 is 0 Å². The van der Waals surface area contributed by atoms with Crippen LogP contribution in [-0.2, 0) is 0 Å². The van der Waals surface area contributed by atoms with E-state index in [9.17, 15) is 0 Å². The van der Waals surface area contributed by atoms with Crippen molar-refractivity contribution in [2.45, 2.75) is 0 Å². The van der Waals surface area contributed by atoms with Crippen LogP contribution in [0.5, 0.6) is 0 Å². The Morgan fingerprint density at radius 1 is 1.22 bits per heavy atom. The van der Waals surface area contributed by atoms with Crippen molar-refractivity contribution in [3.05, 3.63) is 28.2 Å². The van der Waals surface area contributed by atoms with Crippen LogP contribution >= 0.6 is 23.2 Å². The fraction of sp³-hybridized carbons (Fsp3) is 0. The molecule has 1 aromatic carbocycles. The molecule has 0 aliphatic carbocycles. The van der Waals surface area contributed by atoms with Gasteiger partial charge in [0.25, 0.3) is 0 Å². The molecule has 1 aromatic rings. The first kappa shape index (κ1) is 7.54. The molecule has 0 heterocycles. The molecule has 1 rings (SSSR count). The molecular formula is C6H3Cl2Ga. The summed E-state index contributed by atoms with van der Waals surface area (Å²) >= 11 is 12.9. The van der Waals surface area contributed by atoms with Gasteiger partial charge < -0.3 is 0 Å². The maximum absolute atomic E-state index is 5.75. The molecule has 0 spiro atoms. The van der Waals surface area contributed by atoms with E-state index in [1.165, 1.54) is 18.6 Å². The van der Waals surface area contributed by atoms with Crippen molar-refractivity contribution in [3.63, 3.8) is 0 Å². The maximum atomic E-state index is 5.75. The van der Waals surface area contributed by atoms with Crippen LogP contribution in [0.15, 0.2) is 18.2 Å². The second kappa shape index (κ2) is 3.02. The minimum absolute atomic E-state index is 0.696. The molecule has 0 bridgehead atoms. The summed E-state index contributed by atoms with van der Waals surface area (Å²) in [6, 6.07) is 5.51. The van der Waals surface area contributed by atoms with Crippen LogP contribution in [0.25, 0.3) is 0 Å². The van der Waals surface area contributed by atoms with E-state index in [2.05, 4.69) is 0 Å². The van der Waals surface area contributed by atoms with E-state index in [-0.39, 0.29) is 0 Å². The minimum atomic E-state index is 0.696. The third kappa shape index (κ3) is 1.94. The number of halogens is 2. The first-order valence-electron chi connectivity index (χ1n) is 2.40. The summed E-state index contributed by atoms with van der Waals surface area (Å²) in [6.07, 6.45) is 0. The van der Waals surface area contributed by atoms with E-state index in [0.29, 0.717) is 5.02 Å². The van der Waals surface area contributed by atoms with Crippen LogP contribution < -0.4 is 4.12 Å². The number of hydrogen-bond donors (Lipinski definition) is 0. The Labute approximate surface area is 74.1 Å². The molecular weight excluding hydrogens is 213 g/mol. The Morgan fingerprint density at radius 3 is 2.33 bits per heavy atom. The summed E-state index contributed by atoms with van der Waals surface area (Å²) in [5, 5.41) is 1.45. The van der Waals surface area contributed by atoms with Gasteiger partial charge in [-0.05, 0) is 0 Å². The first-order valence-corrected chi connectivity index (χ1v) is 4.37. The molecule has 0 amide bonds. The molecule has 0 fully saturated rings. The molecule has 0 saturated carbocycles. The molecule has 0 saturated heterocycles. The van der Waals surface area contributed by atoms with Crippen LogP contribution in [0.1, 0.15) is 0 Å². The van der Waals surface area contributed by atoms with Crippen molar-refractivity contribution in [1.82, 2.24) is 0 Å². The van der Waals surface area contributed by atoms with Gasteiger partial charge in [0, 0.05) is 0 Å². The van der Waals surface area contributed by atoms with E-state index < -0.39 is 0 Å². The molecule has 0 unspecified atom stereocenters. The Balaban J connectivity index is 3.17. The second-order valence-corrected chi connectivity index (χ2v) is 3.81. The van der Waals surface area contributed by atoms with Gasteiger partial charge in [-0.1, -0.05) is 0 Å². The Bertz CT molecular complexity index is 222. The van der Waals surface area contributed by atoms with Crippen molar-refractivity contribution >= 4 is 45.9 Å². The standard InChI is InChI=1S/C6H3Cl2.Ga/c7-5-2-1-3-6(8)4-5;/h1-2,4H;. The van der Waals surface area contributed by atoms with Crippen molar-refractivity contribution in [2.24, 2.45) is 0 Å². The zero-order chi connectivity index (χ0) is 6.85. The summed E-state index contributed by atoms with van der Waals surface area (Å²) in [4.78, 5) is 0. The van der Waals surface area contributed by atoms with E-state index in [1.807, 2.05) is 12.1 Å². The van der Waals surface area contributed by atoms with Gasteiger partial charge >= 0.3 is 74.2 Å². The van der Waals surface area contributed by atoms with Gasteiger partial charge in [0.1, 0.15) is 0 Å². The molecule has 0 nitrogen and oxygen atoms in total. The Morgan fingerprint density at radius 2 is 1.89 bits per heavy atom. The van der Waals surface area contributed by atoms with Gasteiger partial charge in [0.15, 0.2) is 0 Å². The van der Waals surface area contributed by atoms with Gasteiger partial charge in [-0.25, -0.2) is 0 Å². The van der Waals surface area contributed by atoms with Crippen LogP contribution in [0.3, 0.4) is 0 Å². The molecule has 0 atom stereocenters. The molecule has 0 aliphatic rings. The predicted molar refractivity (Wildman–Crippen MR) is 41.9 cm³/mol. The number of benzene rings is 1. The summed E-state index contributed by atoms with van der Waals surface area (Å²) in [6.45, 7) is 0. The van der Waals surface area contributed by atoms with E-state index in [4.69, 9.17) is 23.2 Å². The van der Waals surface area contributed by atoms with Crippen LogP contribution in [0.4, 0.5) is 0 Å². The predicted octanol–water partition coefficient (Wildman–Crippen LogP) is 1.79. The van der Waals surface area contributed by atoms with Gasteiger partial charge in [-0.15, -0.1) is 0 Å². The second-order valence-electron chi connectivity index (χ2n) is 1.67. The van der Waals surface area contributed by atoms with Crippen LogP contribution in [0.2, 0.25) is 10.0 Å². The SMILES string of the molecule is Clc1cc[c]([Ga])c(Cl)c1. The van der Waals surface area contributed by atoms with E-state index in [1.54, 1.807) is 6.07 Å². The molecule has 9 heavy (non-hydrogen) atoms. The average Bonchev–Trinajstić information content (AvgIpc) is 1.80. The summed E-state index contributed by atoms with van der Waals surface area (Å²) in [5.41, 5.74) is 0. The normalized spacial score (nSPS) is 9.56. The summed E-state index contributed by atoms with van der Waals surface area (Å²) in [7, 11) is 0. The zero-order valence-corrected chi connectivity index (χ0v) is 8.50. The number of hydrogen-bond acceptors (Lipinski definition) is 0. The molecule has 44 valence electrons. The van der Waals surface area contributed by atoms with Gasteiger partial charge in [-0.2, -0.15) is 0 Å². The molecule has 3 heteroatoms. The molecule has 0 N–H and O–H groups in total. The van der Waals surface area contributed by atoms with E-state index >= 15 is 0 Å². The van der Waals surface area contributed by atoms with Crippen molar-refractivity contribution in [3.8, 4) is 0 Å².